The third-order valence-electron chi connectivity index (χ3n) is 11.1. The smallest absolute Gasteiger partial charge is 0.164 e. The van der Waals surface area contributed by atoms with Crippen LogP contribution in [-0.4, -0.2) is 19.9 Å². The molecule has 55 heavy (non-hydrogen) atoms. The first-order valence-electron chi connectivity index (χ1n) is 18.7. The summed E-state index contributed by atoms with van der Waals surface area (Å²) in [5, 5.41) is 2.62. The molecular formula is C51H36N4. The van der Waals surface area contributed by atoms with E-state index in [2.05, 4.69) is 146 Å². The Bertz CT molecular complexity index is 2840. The van der Waals surface area contributed by atoms with Crippen LogP contribution in [0.25, 0.3) is 89.4 Å². The van der Waals surface area contributed by atoms with Crippen LogP contribution >= 0.6 is 0 Å². The van der Waals surface area contributed by atoms with Crippen LogP contribution in [0.1, 0.15) is 25.0 Å². The van der Waals surface area contributed by atoms with Crippen LogP contribution in [0.2, 0.25) is 0 Å². The summed E-state index contributed by atoms with van der Waals surface area (Å²) in [7, 11) is 0. The van der Waals surface area contributed by atoms with Crippen molar-refractivity contribution in [3.05, 3.63) is 193 Å². The lowest BCUT2D eigenvalue weighted by atomic mass is 9.81. The Morgan fingerprint density at radius 3 is 1.40 bits per heavy atom. The minimum Gasteiger partial charge on any atom is -0.265 e. The van der Waals surface area contributed by atoms with Gasteiger partial charge in [-0.25, -0.2) is 15.0 Å². The number of pyridine rings is 1. The number of nitrogens with zero attached hydrogens (tertiary/aromatic N) is 4. The molecule has 2 heterocycles. The van der Waals surface area contributed by atoms with E-state index in [0.29, 0.717) is 17.5 Å². The molecule has 0 saturated carbocycles. The molecule has 260 valence electrons. The molecule has 0 amide bonds. The first kappa shape index (κ1) is 32.6. The van der Waals surface area contributed by atoms with Crippen molar-refractivity contribution in [1.29, 1.82) is 0 Å². The zero-order valence-electron chi connectivity index (χ0n) is 30.6. The van der Waals surface area contributed by atoms with E-state index in [9.17, 15) is 0 Å². The van der Waals surface area contributed by atoms with E-state index in [1.807, 2.05) is 54.9 Å². The lowest BCUT2D eigenvalue weighted by Crippen LogP contribution is -2.15. The molecule has 0 spiro atoms. The van der Waals surface area contributed by atoms with Gasteiger partial charge in [0, 0.05) is 34.5 Å². The fraction of sp³-hybridized carbons (Fsp3) is 0.0588. The Hall–Kier alpha value is -7.04. The summed E-state index contributed by atoms with van der Waals surface area (Å²) in [5.74, 6) is 1.92. The first-order chi connectivity index (χ1) is 27.0. The van der Waals surface area contributed by atoms with Crippen molar-refractivity contribution in [2.75, 3.05) is 0 Å². The predicted octanol–water partition coefficient (Wildman–Crippen LogP) is 12.7. The van der Waals surface area contributed by atoms with Crippen molar-refractivity contribution in [3.63, 3.8) is 0 Å². The molecule has 0 unspecified atom stereocenters. The molecule has 4 nitrogen and oxygen atoms in total. The van der Waals surface area contributed by atoms with E-state index in [1.54, 1.807) is 0 Å². The Labute approximate surface area is 320 Å². The van der Waals surface area contributed by atoms with Gasteiger partial charge in [-0.2, -0.15) is 0 Å². The van der Waals surface area contributed by atoms with Crippen molar-refractivity contribution >= 4 is 10.8 Å². The van der Waals surface area contributed by atoms with Gasteiger partial charge in [0.2, 0.25) is 0 Å². The second kappa shape index (κ2) is 13.1. The lowest BCUT2D eigenvalue weighted by Gasteiger charge is -2.22. The standard InChI is InChI=1S/C51H36N4/c1-51(2)45-27-25-38-8-6-7-11-43(38)47(45)44-26-24-42(32-46(44)51)36-14-12-33(13-15-36)34-16-20-40(21-17-34)49-53-48(39-9-4-3-5-10-39)54-50(55-49)41-22-18-35(19-23-41)37-28-30-52-31-29-37/h3-32H,1-2H3. The highest BCUT2D eigenvalue weighted by Gasteiger charge is 2.36. The molecule has 2 aromatic heterocycles. The van der Waals surface area contributed by atoms with E-state index in [0.717, 1.165) is 38.9 Å². The van der Waals surface area contributed by atoms with Crippen molar-refractivity contribution in [3.8, 4) is 78.7 Å². The summed E-state index contributed by atoms with van der Waals surface area (Å²) in [6, 6.07) is 60.2. The highest BCUT2D eigenvalue weighted by molar-refractivity contribution is 6.02. The SMILES string of the molecule is CC1(C)c2cc(-c3ccc(-c4ccc(-c5nc(-c6ccccc6)nc(-c6ccc(-c7ccncc7)cc6)n5)cc4)cc3)ccc2-c2c1ccc1ccccc21. The second-order valence-electron chi connectivity index (χ2n) is 14.7. The highest BCUT2D eigenvalue weighted by atomic mass is 15.0. The van der Waals surface area contributed by atoms with E-state index in [1.165, 1.54) is 44.2 Å². The van der Waals surface area contributed by atoms with Crippen LogP contribution in [0.3, 0.4) is 0 Å². The molecule has 4 heteroatoms. The van der Waals surface area contributed by atoms with Gasteiger partial charge in [0.15, 0.2) is 17.5 Å². The van der Waals surface area contributed by atoms with Crippen molar-refractivity contribution < 1.29 is 0 Å². The van der Waals surface area contributed by atoms with E-state index < -0.39 is 0 Å². The van der Waals surface area contributed by atoms with Gasteiger partial charge in [-0.3, -0.25) is 4.98 Å². The molecule has 0 radical (unpaired) electrons. The quantitative estimate of drug-likeness (QED) is 0.173. The average molecular weight is 705 g/mol. The molecular weight excluding hydrogens is 669 g/mol. The predicted molar refractivity (Wildman–Crippen MR) is 225 cm³/mol. The van der Waals surface area contributed by atoms with Crippen LogP contribution in [0, 0.1) is 0 Å². The Balaban J connectivity index is 0.942. The third kappa shape index (κ3) is 5.80. The van der Waals surface area contributed by atoms with Gasteiger partial charge in [0.1, 0.15) is 0 Å². The van der Waals surface area contributed by atoms with Gasteiger partial charge < -0.3 is 0 Å². The van der Waals surface area contributed by atoms with Crippen LogP contribution in [0.15, 0.2) is 182 Å². The molecule has 0 aliphatic heterocycles. The van der Waals surface area contributed by atoms with Crippen LogP contribution in [0.4, 0.5) is 0 Å². The Morgan fingerprint density at radius 2 is 0.818 bits per heavy atom. The van der Waals surface area contributed by atoms with Crippen molar-refractivity contribution in [1.82, 2.24) is 19.9 Å². The molecule has 9 aromatic rings. The van der Waals surface area contributed by atoms with E-state index in [-0.39, 0.29) is 5.41 Å². The normalized spacial score (nSPS) is 12.7. The Kier molecular flexibility index (Phi) is 7.77. The summed E-state index contributed by atoms with van der Waals surface area (Å²) in [6.45, 7) is 4.70. The summed E-state index contributed by atoms with van der Waals surface area (Å²) in [5.41, 5.74) is 15.2. The first-order valence-corrected chi connectivity index (χ1v) is 18.7. The van der Waals surface area contributed by atoms with Crippen LogP contribution in [0.5, 0.6) is 0 Å². The number of hydrogen-bond acceptors (Lipinski definition) is 4. The monoisotopic (exact) mass is 704 g/mol. The van der Waals surface area contributed by atoms with Gasteiger partial charge in [0.25, 0.3) is 0 Å². The maximum absolute atomic E-state index is 4.98. The lowest BCUT2D eigenvalue weighted by molar-refractivity contribution is 0.661. The van der Waals surface area contributed by atoms with E-state index >= 15 is 0 Å². The summed E-state index contributed by atoms with van der Waals surface area (Å²) >= 11 is 0. The summed E-state index contributed by atoms with van der Waals surface area (Å²) in [4.78, 5) is 19.0. The molecule has 0 fully saturated rings. The maximum atomic E-state index is 4.98. The summed E-state index contributed by atoms with van der Waals surface area (Å²) < 4.78 is 0. The highest BCUT2D eigenvalue weighted by Crippen LogP contribution is 2.52. The fourth-order valence-electron chi connectivity index (χ4n) is 8.06. The topological polar surface area (TPSA) is 51.6 Å². The number of rotatable bonds is 6. The molecule has 1 aliphatic rings. The number of benzene rings is 7. The molecule has 10 rings (SSSR count). The molecule has 0 N–H and O–H groups in total. The number of fused-ring (bicyclic) bond motifs is 5. The third-order valence-corrected chi connectivity index (χ3v) is 11.1. The van der Waals surface area contributed by atoms with Crippen LogP contribution < -0.4 is 0 Å². The molecule has 0 saturated heterocycles. The van der Waals surface area contributed by atoms with Gasteiger partial charge in [-0.15, -0.1) is 0 Å². The Morgan fingerprint density at radius 1 is 0.364 bits per heavy atom. The zero-order valence-corrected chi connectivity index (χ0v) is 30.6. The average Bonchev–Trinajstić information content (AvgIpc) is 3.49. The van der Waals surface area contributed by atoms with Gasteiger partial charge in [-0.05, 0) is 84.6 Å². The fourth-order valence-corrected chi connectivity index (χ4v) is 8.06. The maximum Gasteiger partial charge on any atom is 0.164 e. The number of hydrogen-bond donors (Lipinski definition) is 0. The number of aromatic nitrogens is 4. The largest absolute Gasteiger partial charge is 0.265 e. The van der Waals surface area contributed by atoms with Crippen LogP contribution in [-0.2, 0) is 5.41 Å². The minimum atomic E-state index is -0.0708. The molecule has 7 aromatic carbocycles. The second-order valence-corrected chi connectivity index (χ2v) is 14.7. The van der Waals surface area contributed by atoms with Gasteiger partial charge in [0.05, 0.1) is 0 Å². The van der Waals surface area contributed by atoms with Crippen molar-refractivity contribution in [2.24, 2.45) is 0 Å². The zero-order chi connectivity index (χ0) is 36.9. The summed E-state index contributed by atoms with van der Waals surface area (Å²) in [6.07, 6.45) is 3.62. The molecule has 0 atom stereocenters. The molecule has 0 bridgehead atoms. The van der Waals surface area contributed by atoms with Gasteiger partial charge >= 0.3 is 0 Å². The van der Waals surface area contributed by atoms with Gasteiger partial charge in [-0.1, -0.05) is 166 Å². The minimum absolute atomic E-state index is 0.0708. The van der Waals surface area contributed by atoms with Crippen molar-refractivity contribution in [2.45, 2.75) is 19.3 Å². The van der Waals surface area contributed by atoms with E-state index in [4.69, 9.17) is 15.0 Å². The molecule has 1 aliphatic carbocycles.